The fourth-order valence-electron chi connectivity index (χ4n) is 2.30. The van der Waals surface area contributed by atoms with Gasteiger partial charge in [0, 0.05) is 5.70 Å². The summed E-state index contributed by atoms with van der Waals surface area (Å²) in [7, 11) is 0. The Morgan fingerprint density at radius 3 is 2.68 bits per heavy atom. The second-order valence-electron chi connectivity index (χ2n) is 4.96. The van der Waals surface area contributed by atoms with Crippen LogP contribution in [-0.4, -0.2) is 10.9 Å². The number of benzene rings is 2. The lowest BCUT2D eigenvalue weighted by molar-refractivity contribution is 0.0975. The zero-order valence-corrected chi connectivity index (χ0v) is 12.9. The van der Waals surface area contributed by atoms with Gasteiger partial charge < -0.3 is 11.1 Å². The maximum atomic E-state index is 12.6. The summed E-state index contributed by atoms with van der Waals surface area (Å²) in [6, 6.07) is 13.3. The van der Waals surface area contributed by atoms with Crippen molar-refractivity contribution in [3.63, 3.8) is 0 Å². The molecular weight excluding hydrogens is 294 g/mol. The van der Waals surface area contributed by atoms with Crippen molar-refractivity contribution >= 4 is 38.3 Å². The predicted molar refractivity (Wildman–Crippen MR) is 91.7 cm³/mol. The molecule has 1 heterocycles. The molecule has 0 radical (unpaired) electrons. The van der Waals surface area contributed by atoms with Gasteiger partial charge in [0.15, 0.2) is 5.13 Å². The highest BCUT2D eigenvalue weighted by Gasteiger charge is 2.17. The SMILES string of the molecule is C=C(NC(=O)c1c(C)ccc2nc(N)sc12)c1ccccc1. The molecule has 1 aromatic heterocycles. The average Bonchev–Trinajstić information content (AvgIpc) is 2.88. The van der Waals surface area contributed by atoms with E-state index in [2.05, 4.69) is 16.9 Å². The molecular formula is C17H15N3OS. The summed E-state index contributed by atoms with van der Waals surface area (Å²) >= 11 is 1.32. The minimum absolute atomic E-state index is 0.194. The van der Waals surface area contributed by atoms with E-state index in [0.717, 1.165) is 21.3 Å². The van der Waals surface area contributed by atoms with Crippen LogP contribution >= 0.6 is 11.3 Å². The Morgan fingerprint density at radius 1 is 1.23 bits per heavy atom. The van der Waals surface area contributed by atoms with Crippen LogP contribution in [-0.2, 0) is 0 Å². The highest BCUT2D eigenvalue weighted by molar-refractivity contribution is 7.22. The van der Waals surface area contributed by atoms with Gasteiger partial charge in [-0.1, -0.05) is 54.3 Å². The fraction of sp³-hybridized carbons (Fsp3) is 0.0588. The molecule has 0 saturated heterocycles. The molecule has 5 heteroatoms. The zero-order chi connectivity index (χ0) is 15.7. The minimum atomic E-state index is -0.194. The quantitative estimate of drug-likeness (QED) is 0.777. The maximum Gasteiger partial charge on any atom is 0.257 e. The lowest BCUT2D eigenvalue weighted by Crippen LogP contribution is -2.22. The van der Waals surface area contributed by atoms with E-state index >= 15 is 0 Å². The van der Waals surface area contributed by atoms with E-state index in [4.69, 9.17) is 5.73 Å². The average molecular weight is 309 g/mol. The number of anilines is 1. The molecule has 0 fully saturated rings. The molecule has 4 nitrogen and oxygen atoms in total. The van der Waals surface area contributed by atoms with Gasteiger partial charge in [-0.2, -0.15) is 0 Å². The van der Waals surface area contributed by atoms with Crippen LogP contribution in [0.3, 0.4) is 0 Å². The number of thiazole rings is 1. The molecule has 0 saturated carbocycles. The fourth-order valence-corrected chi connectivity index (χ4v) is 3.23. The van der Waals surface area contributed by atoms with Crippen LogP contribution in [0.25, 0.3) is 15.9 Å². The van der Waals surface area contributed by atoms with Gasteiger partial charge in [-0.25, -0.2) is 4.98 Å². The van der Waals surface area contributed by atoms with Gasteiger partial charge in [-0.3, -0.25) is 4.79 Å². The molecule has 3 rings (SSSR count). The molecule has 0 atom stereocenters. The van der Waals surface area contributed by atoms with Crippen LogP contribution in [0.1, 0.15) is 21.5 Å². The molecule has 110 valence electrons. The van der Waals surface area contributed by atoms with Crippen LogP contribution in [0.15, 0.2) is 49.0 Å². The predicted octanol–water partition coefficient (Wildman–Crippen LogP) is 3.59. The van der Waals surface area contributed by atoms with Crippen molar-refractivity contribution in [3.05, 3.63) is 65.7 Å². The molecule has 0 unspecified atom stereocenters. The normalized spacial score (nSPS) is 10.6. The third kappa shape index (κ3) is 2.58. The molecule has 0 bridgehead atoms. The summed E-state index contributed by atoms with van der Waals surface area (Å²) in [4.78, 5) is 16.9. The lowest BCUT2D eigenvalue weighted by atomic mass is 10.1. The van der Waals surface area contributed by atoms with Gasteiger partial charge in [0.25, 0.3) is 5.91 Å². The van der Waals surface area contributed by atoms with E-state index in [1.807, 2.05) is 49.4 Å². The molecule has 1 amide bonds. The highest BCUT2D eigenvalue weighted by atomic mass is 32.1. The summed E-state index contributed by atoms with van der Waals surface area (Å²) in [6.45, 7) is 5.83. The minimum Gasteiger partial charge on any atom is -0.375 e. The number of hydrogen-bond donors (Lipinski definition) is 2. The topological polar surface area (TPSA) is 68.0 Å². The first-order valence-electron chi connectivity index (χ1n) is 6.77. The van der Waals surface area contributed by atoms with Crippen LogP contribution < -0.4 is 11.1 Å². The van der Waals surface area contributed by atoms with Crippen LogP contribution in [0.5, 0.6) is 0 Å². The van der Waals surface area contributed by atoms with E-state index in [1.54, 1.807) is 0 Å². The number of hydrogen-bond acceptors (Lipinski definition) is 4. The second-order valence-corrected chi connectivity index (χ2v) is 5.99. The van der Waals surface area contributed by atoms with Crippen LogP contribution in [0.4, 0.5) is 5.13 Å². The smallest absolute Gasteiger partial charge is 0.257 e. The van der Waals surface area contributed by atoms with Gasteiger partial charge in [0.2, 0.25) is 0 Å². The van der Waals surface area contributed by atoms with Crippen molar-refractivity contribution in [2.45, 2.75) is 6.92 Å². The Hall–Kier alpha value is -2.66. The van der Waals surface area contributed by atoms with Crippen molar-refractivity contribution in [2.24, 2.45) is 0 Å². The molecule has 22 heavy (non-hydrogen) atoms. The molecule has 0 aliphatic heterocycles. The van der Waals surface area contributed by atoms with E-state index in [9.17, 15) is 4.79 Å². The van der Waals surface area contributed by atoms with Crippen LogP contribution in [0.2, 0.25) is 0 Å². The molecule has 0 aliphatic carbocycles. The number of nitrogens with two attached hydrogens (primary N) is 1. The van der Waals surface area contributed by atoms with E-state index < -0.39 is 0 Å². The number of amides is 1. The van der Waals surface area contributed by atoms with Gasteiger partial charge in [0.05, 0.1) is 15.8 Å². The first kappa shape index (κ1) is 14.3. The number of rotatable bonds is 3. The molecule has 3 N–H and O–H groups in total. The number of fused-ring (bicyclic) bond motifs is 1. The molecule has 3 aromatic rings. The standard InChI is InChI=1S/C17H15N3OS/c1-10-8-9-13-15(22-17(18)20-13)14(10)16(21)19-11(2)12-6-4-3-5-7-12/h3-9H,2H2,1H3,(H2,18,20)(H,19,21). The Bertz CT molecular complexity index is 868. The molecule has 0 aliphatic rings. The first-order valence-corrected chi connectivity index (χ1v) is 7.59. The molecule has 0 spiro atoms. The Balaban J connectivity index is 1.96. The zero-order valence-electron chi connectivity index (χ0n) is 12.1. The van der Waals surface area contributed by atoms with Crippen LogP contribution in [0, 0.1) is 6.92 Å². The number of aryl methyl sites for hydroxylation is 1. The summed E-state index contributed by atoms with van der Waals surface area (Å²) in [5, 5.41) is 3.31. The van der Waals surface area contributed by atoms with Gasteiger partial charge in [0.1, 0.15) is 0 Å². The maximum absolute atomic E-state index is 12.6. The largest absolute Gasteiger partial charge is 0.375 e. The second kappa shape index (κ2) is 5.61. The summed E-state index contributed by atoms with van der Waals surface area (Å²) in [5.41, 5.74) is 9.43. The van der Waals surface area contributed by atoms with Gasteiger partial charge in [-0.15, -0.1) is 0 Å². The number of carbonyl (C=O) groups excluding carboxylic acids is 1. The first-order chi connectivity index (χ1) is 10.6. The Morgan fingerprint density at radius 2 is 1.95 bits per heavy atom. The van der Waals surface area contributed by atoms with Gasteiger partial charge >= 0.3 is 0 Å². The van der Waals surface area contributed by atoms with Crippen molar-refractivity contribution < 1.29 is 4.79 Å². The summed E-state index contributed by atoms with van der Waals surface area (Å²) in [5.74, 6) is -0.194. The van der Waals surface area contributed by atoms with E-state index in [0.29, 0.717) is 16.4 Å². The number of carbonyl (C=O) groups is 1. The summed E-state index contributed by atoms with van der Waals surface area (Å²) in [6.07, 6.45) is 0. The van der Waals surface area contributed by atoms with Crippen molar-refractivity contribution in [3.8, 4) is 0 Å². The number of aromatic nitrogens is 1. The van der Waals surface area contributed by atoms with E-state index in [1.165, 1.54) is 11.3 Å². The third-order valence-corrected chi connectivity index (χ3v) is 4.31. The van der Waals surface area contributed by atoms with Gasteiger partial charge in [-0.05, 0) is 24.1 Å². The number of nitrogen functional groups attached to an aromatic ring is 1. The van der Waals surface area contributed by atoms with Crippen molar-refractivity contribution in [1.29, 1.82) is 0 Å². The third-order valence-electron chi connectivity index (χ3n) is 3.40. The Labute approximate surface area is 132 Å². The Kier molecular flexibility index (Phi) is 3.65. The molecule has 2 aromatic carbocycles. The van der Waals surface area contributed by atoms with E-state index in [-0.39, 0.29) is 5.91 Å². The summed E-state index contributed by atoms with van der Waals surface area (Å²) < 4.78 is 0.802. The monoisotopic (exact) mass is 309 g/mol. The highest BCUT2D eigenvalue weighted by Crippen LogP contribution is 2.29. The number of nitrogens with one attached hydrogen (secondary N) is 1. The van der Waals surface area contributed by atoms with Crippen molar-refractivity contribution in [2.75, 3.05) is 5.73 Å². The lowest BCUT2D eigenvalue weighted by Gasteiger charge is -2.11. The van der Waals surface area contributed by atoms with Crippen molar-refractivity contribution in [1.82, 2.24) is 10.3 Å². The number of nitrogens with zero attached hydrogens (tertiary/aromatic N) is 1.